The van der Waals surface area contributed by atoms with Crippen LogP contribution >= 0.6 is 0 Å². The van der Waals surface area contributed by atoms with E-state index in [0.29, 0.717) is 25.9 Å². The van der Waals surface area contributed by atoms with E-state index in [1.807, 2.05) is 4.90 Å². The number of carbonyl (C=O) groups excluding carboxylic acids is 3. The lowest BCUT2D eigenvalue weighted by atomic mass is 9.91. The number of sulfone groups is 1. The smallest absolute Gasteiger partial charge is 0.415 e. The summed E-state index contributed by atoms with van der Waals surface area (Å²) in [5, 5.41) is 14.6. The van der Waals surface area contributed by atoms with Crippen LogP contribution in [0.2, 0.25) is 0 Å². The SMILES string of the molecule is COC(=O)c1cc(OC)c2c(c1-c1c(C(=O)OC3CCN(CC(=O)OCCOc4no[n+]([O-])c4S(=O)(=O)c4ccccc4)CC3)cc(OC)c3c1OCO3)OCO2. The zero-order valence-corrected chi connectivity index (χ0v) is 31.5. The van der Waals surface area contributed by atoms with Crippen LogP contribution in [0.15, 0.2) is 57.0 Å². The molecule has 0 atom stereocenters. The van der Waals surface area contributed by atoms with Crippen LogP contribution in [0, 0.1) is 5.21 Å². The number of hydrogen-bond acceptors (Lipinski definition) is 19. The number of carbonyl (C=O) groups is 3. The highest BCUT2D eigenvalue weighted by molar-refractivity contribution is 7.91. The minimum Gasteiger partial charge on any atom is -0.493 e. The number of piperidine rings is 1. The van der Waals surface area contributed by atoms with Crippen molar-refractivity contribution in [3.05, 3.63) is 58.8 Å². The lowest BCUT2D eigenvalue weighted by molar-refractivity contribution is -0.832. The van der Waals surface area contributed by atoms with Gasteiger partial charge in [-0.2, -0.15) is 0 Å². The minimum atomic E-state index is -4.31. The lowest BCUT2D eigenvalue weighted by Gasteiger charge is -2.31. The van der Waals surface area contributed by atoms with Gasteiger partial charge in [-0.3, -0.25) is 14.3 Å². The monoisotopic (exact) mass is 813 g/mol. The molecule has 0 N–H and O–H groups in total. The summed E-state index contributed by atoms with van der Waals surface area (Å²) in [6.45, 7) is -0.342. The quantitative estimate of drug-likeness (QED) is 0.0769. The summed E-state index contributed by atoms with van der Waals surface area (Å²) in [4.78, 5) is 41.2. The molecule has 20 nitrogen and oxygen atoms in total. The van der Waals surface area contributed by atoms with Crippen LogP contribution in [-0.4, -0.2) is 110 Å². The fraction of sp³-hybridized carbons (Fsp3) is 0.361. The van der Waals surface area contributed by atoms with Crippen LogP contribution in [0.25, 0.3) is 11.1 Å². The van der Waals surface area contributed by atoms with Crippen LogP contribution in [0.1, 0.15) is 33.6 Å². The van der Waals surface area contributed by atoms with Crippen molar-refractivity contribution < 1.29 is 79.7 Å². The van der Waals surface area contributed by atoms with Crippen LogP contribution in [0.3, 0.4) is 0 Å². The largest absolute Gasteiger partial charge is 0.493 e. The molecule has 3 aliphatic heterocycles. The third-order valence-corrected chi connectivity index (χ3v) is 10.9. The van der Waals surface area contributed by atoms with Crippen molar-refractivity contribution in [3.8, 4) is 51.5 Å². The van der Waals surface area contributed by atoms with Gasteiger partial charge in [0.15, 0.2) is 23.0 Å². The molecule has 0 radical (unpaired) electrons. The normalized spacial score (nSPS) is 14.9. The predicted octanol–water partition coefficient (Wildman–Crippen LogP) is 2.31. The first kappa shape index (κ1) is 38.8. The standard InChI is InChI=1S/C36H35N3O17S/c1-46-24-15-22(35(41)48-3)27(31-29(24)51-18-53-31)28-23(16-25(47-2)30-32(28)54-19-52-30)36(42)55-20-9-11-38(12-10-20)17-26(40)49-13-14-50-33-34(39(43)56-37-33)57(44,45)21-7-5-4-6-8-21/h4-8,15-16,20H,9-14,17-19H2,1-3H3. The zero-order chi connectivity index (χ0) is 40.3. The maximum absolute atomic E-state index is 14.1. The Hall–Kier alpha value is -6.48. The average molecular weight is 814 g/mol. The van der Waals surface area contributed by atoms with Crippen molar-refractivity contribution in [3.63, 3.8) is 0 Å². The Morgan fingerprint density at radius 3 is 2.00 bits per heavy atom. The molecule has 0 bridgehead atoms. The molecule has 3 aliphatic rings. The second-order valence-electron chi connectivity index (χ2n) is 12.4. The lowest BCUT2D eigenvalue weighted by Crippen LogP contribution is -2.41. The molecule has 0 saturated carbocycles. The molecule has 1 saturated heterocycles. The van der Waals surface area contributed by atoms with Gasteiger partial charge in [0, 0.05) is 24.2 Å². The van der Waals surface area contributed by atoms with E-state index in [0.717, 1.165) is 0 Å². The molecule has 3 aromatic carbocycles. The van der Waals surface area contributed by atoms with Gasteiger partial charge in [0.05, 0.1) is 49.1 Å². The summed E-state index contributed by atoms with van der Waals surface area (Å²) in [7, 11) is -0.302. The summed E-state index contributed by atoms with van der Waals surface area (Å²) in [5.74, 6) is -1.65. The van der Waals surface area contributed by atoms with Gasteiger partial charge in [0.2, 0.25) is 25.1 Å². The number of fused-ring (bicyclic) bond motifs is 2. The van der Waals surface area contributed by atoms with Gasteiger partial charge in [-0.15, -0.1) is 0 Å². The fourth-order valence-electron chi connectivity index (χ4n) is 6.47. The van der Waals surface area contributed by atoms with Crippen LogP contribution in [0.5, 0.6) is 40.4 Å². The number of likely N-dealkylation sites (tertiary alicyclic amines) is 1. The Morgan fingerprint density at radius 1 is 0.842 bits per heavy atom. The zero-order valence-electron chi connectivity index (χ0n) is 30.7. The molecule has 0 amide bonds. The molecule has 302 valence electrons. The van der Waals surface area contributed by atoms with E-state index in [2.05, 4.69) is 9.79 Å². The average Bonchev–Trinajstić information content (AvgIpc) is 4.00. The van der Waals surface area contributed by atoms with E-state index in [1.165, 1.54) is 57.7 Å². The second kappa shape index (κ2) is 16.3. The third-order valence-electron chi connectivity index (χ3n) is 9.13. The van der Waals surface area contributed by atoms with Crippen molar-refractivity contribution in [2.45, 2.75) is 28.9 Å². The highest BCUT2D eigenvalue weighted by Crippen LogP contribution is 2.56. The Balaban J connectivity index is 0.989. The molecule has 7 rings (SSSR count). The van der Waals surface area contributed by atoms with Gasteiger partial charge in [0.25, 0.3) is 9.84 Å². The number of rotatable bonds is 14. The van der Waals surface area contributed by atoms with Crippen molar-refractivity contribution >= 4 is 27.7 Å². The summed E-state index contributed by atoms with van der Waals surface area (Å²) >= 11 is 0. The number of aromatic nitrogens is 2. The van der Waals surface area contributed by atoms with Crippen molar-refractivity contribution in [1.29, 1.82) is 0 Å². The van der Waals surface area contributed by atoms with Crippen molar-refractivity contribution in [2.75, 3.05) is 67.8 Å². The molecular weight excluding hydrogens is 778 g/mol. The molecule has 57 heavy (non-hydrogen) atoms. The molecule has 0 unspecified atom stereocenters. The number of benzene rings is 3. The van der Waals surface area contributed by atoms with Crippen molar-refractivity contribution in [1.82, 2.24) is 10.1 Å². The first-order valence-electron chi connectivity index (χ1n) is 17.3. The summed E-state index contributed by atoms with van der Waals surface area (Å²) in [6, 6.07) is 10.0. The highest BCUT2D eigenvalue weighted by atomic mass is 32.2. The van der Waals surface area contributed by atoms with Gasteiger partial charge < -0.3 is 52.6 Å². The number of nitrogens with zero attached hydrogens (tertiary/aromatic N) is 3. The highest BCUT2D eigenvalue weighted by Gasteiger charge is 2.39. The molecule has 4 aromatic rings. The first-order chi connectivity index (χ1) is 27.5. The van der Waals surface area contributed by atoms with E-state index in [9.17, 15) is 28.0 Å². The Morgan fingerprint density at radius 2 is 1.42 bits per heavy atom. The summed E-state index contributed by atoms with van der Waals surface area (Å²) in [5.41, 5.74) is 0.250. The van der Waals surface area contributed by atoms with E-state index in [1.54, 1.807) is 6.07 Å². The van der Waals surface area contributed by atoms with Gasteiger partial charge >= 0.3 is 28.8 Å². The number of methoxy groups -OCH3 is 3. The van der Waals surface area contributed by atoms with E-state index >= 15 is 0 Å². The number of hydrogen-bond donors (Lipinski definition) is 0. The second-order valence-corrected chi connectivity index (χ2v) is 14.3. The third kappa shape index (κ3) is 7.57. The fourth-order valence-corrected chi connectivity index (χ4v) is 7.77. The van der Waals surface area contributed by atoms with Crippen LogP contribution in [-0.2, 0) is 28.8 Å². The topological polar surface area (TPSA) is 234 Å². The number of esters is 3. The van der Waals surface area contributed by atoms with Crippen LogP contribution in [0.4, 0.5) is 0 Å². The summed E-state index contributed by atoms with van der Waals surface area (Å²) < 4.78 is 85.9. The maximum atomic E-state index is 14.1. The van der Waals surface area contributed by atoms with E-state index in [-0.39, 0.29) is 99.9 Å². The van der Waals surface area contributed by atoms with Gasteiger partial charge in [-0.25, -0.2) is 18.0 Å². The van der Waals surface area contributed by atoms with E-state index < -0.39 is 44.8 Å². The Bertz CT molecular complexity index is 2290. The molecular formula is C36H35N3O17S. The minimum absolute atomic E-state index is 0.00299. The van der Waals surface area contributed by atoms with Gasteiger partial charge in [-0.05, 0) is 42.0 Å². The molecule has 4 heterocycles. The van der Waals surface area contributed by atoms with Gasteiger partial charge in [0.1, 0.15) is 19.3 Å². The van der Waals surface area contributed by atoms with Crippen molar-refractivity contribution in [2.24, 2.45) is 0 Å². The molecule has 0 spiro atoms. The van der Waals surface area contributed by atoms with Gasteiger partial charge in [-0.1, -0.05) is 18.2 Å². The molecule has 1 fully saturated rings. The maximum Gasteiger partial charge on any atom is 0.415 e. The number of ether oxygens (including phenoxy) is 10. The summed E-state index contributed by atoms with van der Waals surface area (Å²) in [6.07, 6.45) is 0.166. The molecule has 1 aromatic heterocycles. The first-order valence-corrected chi connectivity index (χ1v) is 18.7. The van der Waals surface area contributed by atoms with E-state index in [4.69, 9.17) is 47.4 Å². The van der Waals surface area contributed by atoms with Crippen LogP contribution < -0.4 is 38.1 Å². The Kier molecular flexibility index (Phi) is 11.1. The Labute approximate surface area is 324 Å². The molecule has 0 aliphatic carbocycles. The molecule has 21 heteroatoms. The predicted molar refractivity (Wildman–Crippen MR) is 187 cm³/mol.